The van der Waals surface area contributed by atoms with Gasteiger partial charge in [0, 0.05) is 0 Å². The van der Waals surface area contributed by atoms with Gasteiger partial charge in [0.15, 0.2) is 0 Å². The molecule has 0 N–H and O–H groups in total. The van der Waals surface area contributed by atoms with Gasteiger partial charge in [0.1, 0.15) is 0 Å². The average Bonchev–Trinajstić information content (AvgIpc) is 2.72. The van der Waals surface area contributed by atoms with Gasteiger partial charge in [-0.2, -0.15) is 0 Å². The molecule has 3 nitrogen and oxygen atoms in total. The van der Waals surface area contributed by atoms with Crippen LogP contribution in [0.3, 0.4) is 0 Å². The van der Waals surface area contributed by atoms with E-state index in [4.69, 9.17) is 18.1 Å². The molecule has 0 unspecified atom stereocenters. The first kappa shape index (κ1) is 30.0. The van der Waals surface area contributed by atoms with Crippen molar-refractivity contribution in [2.75, 3.05) is 19.8 Å². The van der Waals surface area contributed by atoms with Crippen molar-refractivity contribution in [3.63, 3.8) is 0 Å². The summed E-state index contributed by atoms with van der Waals surface area (Å²) >= 11 is -3.83. The molecule has 5 heteroatoms. The van der Waals surface area contributed by atoms with Gasteiger partial charge in [-0.3, -0.25) is 0 Å². The van der Waals surface area contributed by atoms with E-state index in [0.717, 1.165) is 19.3 Å². The second-order valence-corrected chi connectivity index (χ2v) is 16.7. The van der Waals surface area contributed by atoms with E-state index in [1.54, 1.807) is 0 Å². The van der Waals surface area contributed by atoms with Gasteiger partial charge in [0.05, 0.1) is 0 Å². The molecule has 0 spiro atoms. The zero-order valence-electron chi connectivity index (χ0n) is 20.0. The van der Waals surface area contributed by atoms with Crippen LogP contribution in [0.15, 0.2) is 0 Å². The van der Waals surface area contributed by atoms with Crippen molar-refractivity contribution in [1.29, 1.82) is 0 Å². The molecular formula is C24H51ClO3Sn. The van der Waals surface area contributed by atoms with Gasteiger partial charge in [-0.15, -0.1) is 0 Å². The van der Waals surface area contributed by atoms with E-state index in [1.165, 1.54) is 96.3 Å². The minimum atomic E-state index is -3.83. The molecule has 0 aliphatic heterocycles. The third-order valence-corrected chi connectivity index (χ3v) is 12.2. The standard InChI is InChI=1S/3C8H17O.ClH.Sn/c3*1-2-3-4-5-6-7-8-9;;/h3*2-8H2,1H3;1H;/q3*-1;;+4/p-1. The molecule has 0 aliphatic carbocycles. The van der Waals surface area contributed by atoms with Gasteiger partial charge < -0.3 is 0 Å². The first-order chi connectivity index (χ1) is 14.2. The van der Waals surface area contributed by atoms with Gasteiger partial charge in [-0.1, -0.05) is 0 Å². The Bertz CT molecular complexity index is 273. The molecule has 0 rings (SSSR count). The summed E-state index contributed by atoms with van der Waals surface area (Å²) in [5.41, 5.74) is 0. The minimum absolute atomic E-state index is 0.693. The van der Waals surface area contributed by atoms with Crippen molar-refractivity contribution >= 4 is 27.4 Å². The second kappa shape index (κ2) is 23.6. The zero-order valence-corrected chi connectivity index (χ0v) is 23.6. The molecule has 0 aromatic rings. The molecule has 0 saturated heterocycles. The summed E-state index contributed by atoms with van der Waals surface area (Å²) in [5, 5.41) is 0. The molecule has 0 amide bonds. The van der Waals surface area contributed by atoms with Gasteiger partial charge in [0.2, 0.25) is 0 Å². The molecular weight excluding hydrogens is 490 g/mol. The van der Waals surface area contributed by atoms with Crippen molar-refractivity contribution in [3.05, 3.63) is 0 Å². The summed E-state index contributed by atoms with van der Waals surface area (Å²) in [4.78, 5) is 0. The van der Waals surface area contributed by atoms with E-state index in [-0.39, 0.29) is 0 Å². The number of hydrogen-bond acceptors (Lipinski definition) is 3. The van der Waals surface area contributed by atoms with Crippen molar-refractivity contribution in [1.82, 2.24) is 0 Å². The molecule has 176 valence electrons. The second-order valence-electron chi connectivity index (χ2n) is 8.33. The SMILES string of the molecule is CCCCCCCC[O][Sn]([Cl])([O]CCCCCCCC)[O]CCCCCCCC. The number of rotatable bonds is 24. The van der Waals surface area contributed by atoms with Gasteiger partial charge >= 0.3 is 193 Å². The van der Waals surface area contributed by atoms with Crippen molar-refractivity contribution in [3.8, 4) is 0 Å². The van der Waals surface area contributed by atoms with Crippen LogP contribution in [-0.2, 0) is 9.22 Å². The van der Waals surface area contributed by atoms with E-state index in [1.807, 2.05) is 0 Å². The van der Waals surface area contributed by atoms with Crippen LogP contribution in [0.25, 0.3) is 0 Å². The number of halogens is 1. The Kier molecular flexibility index (Phi) is 24.4. The van der Waals surface area contributed by atoms with Gasteiger partial charge in [0.25, 0.3) is 0 Å². The topological polar surface area (TPSA) is 27.7 Å². The Morgan fingerprint density at radius 2 is 0.655 bits per heavy atom. The monoisotopic (exact) mass is 542 g/mol. The normalized spacial score (nSPS) is 12.0. The van der Waals surface area contributed by atoms with Crippen LogP contribution in [0.1, 0.15) is 136 Å². The average molecular weight is 542 g/mol. The fraction of sp³-hybridized carbons (Fsp3) is 1.00. The zero-order chi connectivity index (χ0) is 21.5. The van der Waals surface area contributed by atoms with E-state index in [2.05, 4.69) is 20.8 Å². The van der Waals surface area contributed by atoms with Crippen LogP contribution in [0.2, 0.25) is 0 Å². The van der Waals surface area contributed by atoms with Crippen molar-refractivity contribution in [2.45, 2.75) is 136 Å². The van der Waals surface area contributed by atoms with Crippen LogP contribution in [0.4, 0.5) is 0 Å². The van der Waals surface area contributed by atoms with Crippen molar-refractivity contribution < 1.29 is 9.22 Å². The van der Waals surface area contributed by atoms with Crippen LogP contribution in [0.5, 0.6) is 0 Å². The molecule has 0 aromatic heterocycles. The molecule has 0 heterocycles. The summed E-state index contributed by atoms with van der Waals surface area (Å²) in [7, 11) is 6.77. The molecule has 0 aromatic carbocycles. The van der Waals surface area contributed by atoms with E-state index >= 15 is 0 Å². The van der Waals surface area contributed by atoms with Crippen LogP contribution >= 0.6 is 8.92 Å². The molecule has 0 bridgehead atoms. The maximum atomic E-state index is 6.77. The predicted octanol–water partition coefficient (Wildman–Crippen LogP) is 8.79. The first-order valence-electron chi connectivity index (χ1n) is 12.8. The summed E-state index contributed by atoms with van der Waals surface area (Å²) in [5.74, 6) is 0. The summed E-state index contributed by atoms with van der Waals surface area (Å²) in [6.07, 6.45) is 22.6. The Balaban J connectivity index is 4.03. The Morgan fingerprint density at radius 1 is 0.414 bits per heavy atom. The summed E-state index contributed by atoms with van der Waals surface area (Å²) in [6.45, 7) is 8.83. The van der Waals surface area contributed by atoms with Crippen LogP contribution < -0.4 is 0 Å². The van der Waals surface area contributed by atoms with Crippen LogP contribution in [-0.4, -0.2) is 38.3 Å². The van der Waals surface area contributed by atoms with E-state index in [0.29, 0.717) is 19.8 Å². The van der Waals surface area contributed by atoms with E-state index in [9.17, 15) is 0 Å². The quantitative estimate of drug-likeness (QED) is 0.0903. The van der Waals surface area contributed by atoms with E-state index < -0.39 is 18.5 Å². The Hall–Kier alpha value is 0.969. The van der Waals surface area contributed by atoms with Crippen LogP contribution in [0, 0.1) is 0 Å². The molecule has 0 fully saturated rings. The third-order valence-electron chi connectivity index (χ3n) is 5.32. The summed E-state index contributed by atoms with van der Waals surface area (Å²) in [6, 6.07) is 0. The maximum absolute atomic E-state index is 6.77. The van der Waals surface area contributed by atoms with Crippen molar-refractivity contribution in [2.24, 2.45) is 0 Å². The Labute approximate surface area is 192 Å². The fourth-order valence-corrected chi connectivity index (χ4v) is 8.94. The van der Waals surface area contributed by atoms with Gasteiger partial charge in [-0.25, -0.2) is 0 Å². The third kappa shape index (κ3) is 22.0. The fourth-order valence-electron chi connectivity index (χ4n) is 3.35. The summed E-state index contributed by atoms with van der Waals surface area (Å²) < 4.78 is 18.2. The molecule has 0 aliphatic rings. The molecule has 0 radical (unpaired) electrons. The van der Waals surface area contributed by atoms with Gasteiger partial charge in [-0.05, 0) is 0 Å². The molecule has 0 saturated carbocycles. The predicted molar refractivity (Wildman–Crippen MR) is 130 cm³/mol. The number of hydrogen-bond donors (Lipinski definition) is 0. The first-order valence-corrected chi connectivity index (χ1v) is 19.9. The Morgan fingerprint density at radius 3 is 0.931 bits per heavy atom. The molecule has 29 heavy (non-hydrogen) atoms. The molecule has 0 atom stereocenters. The number of unbranched alkanes of at least 4 members (excludes halogenated alkanes) is 15.